The van der Waals surface area contributed by atoms with Crippen LogP contribution in [-0.4, -0.2) is 35.6 Å². The molecule has 0 amide bonds. The summed E-state index contributed by atoms with van der Waals surface area (Å²) < 4.78 is 0. The second kappa shape index (κ2) is 6.18. The molecule has 3 rings (SSSR count). The van der Waals surface area contributed by atoms with E-state index in [4.69, 9.17) is 0 Å². The first-order valence-electron chi connectivity index (χ1n) is 8.22. The monoisotopic (exact) mass is 287 g/mol. The second-order valence-corrected chi connectivity index (χ2v) is 6.70. The number of nitrogens with zero attached hydrogens (tertiary/aromatic N) is 1. The lowest BCUT2D eigenvalue weighted by atomic mass is 9.72. The molecule has 0 unspecified atom stereocenters. The molecule has 2 fully saturated rings. The van der Waals surface area contributed by atoms with Gasteiger partial charge in [-0.25, -0.2) is 0 Å². The van der Waals surface area contributed by atoms with Gasteiger partial charge in [-0.1, -0.05) is 43.2 Å². The van der Waals surface area contributed by atoms with Crippen LogP contribution < -0.4 is 0 Å². The number of hydrogen-bond acceptors (Lipinski definition) is 2. The van der Waals surface area contributed by atoms with Crippen molar-refractivity contribution in [3.63, 3.8) is 0 Å². The molecule has 114 valence electrons. The Morgan fingerprint density at radius 2 is 1.76 bits per heavy atom. The lowest BCUT2D eigenvalue weighted by Crippen LogP contribution is -2.48. The fourth-order valence-corrected chi connectivity index (χ4v) is 4.06. The van der Waals surface area contributed by atoms with Crippen LogP contribution in [0.1, 0.15) is 44.1 Å². The van der Waals surface area contributed by atoms with Gasteiger partial charge in [-0.3, -0.25) is 4.79 Å². The van der Waals surface area contributed by atoms with Crippen LogP contribution in [0.2, 0.25) is 0 Å². The van der Waals surface area contributed by atoms with Crippen LogP contribution in [0.4, 0.5) is 0 Å². The lowest BCUT2D eigenvalue weighted by molar-refractivity contribution is -0.146. The third-order valence-electron chi connectivity index (χ3n) is 5.44. The van der Waals surface area contributed by atoms with E-state index in [1.54, 1.807) is 0 Å². The molecule has 1 saturated heterocycles. The summed E-state index contributed by atoms with van der Waals surface area (Å²) in [7, 11) is 0. The first-order chi connectivity index (χ1) is 10.2. The molecular formula is C18H25NO2. The van der Waals surface area contributed by atoms with Crippen molar-refractivity contribution in [3.8, 4) is 0 Å². The molecule has 1 N–H and O–H groups in total. The zero-order valence-corrected chi connectivity index (χ0v) is 12.6. The minimum Gasteiger partial charge on any atom is -0.481 e. The van der Waals surface area contributed by atoms with Gasteiger partial charge < -0.3 is 10.0 Å². The van der Waals surface area contributed by atoms with Crippen molar-refractivity contribution in [3.05, 3.63) is 35.9 Å². The van der Waals surface area contributed by atoms with Crippen LogP contribution in [0.3, 0.4) is 0 Å². The molecular weight excluding hydrogens is 262 g/mol. The van der Waals surface area contributed by atoms with Crippen molar-refractivity contribution in [2.24, 2.45) is 5.92 Å². The summed E-state index contributed by atoms with van der Waals surface area (Å²) in [5.41, 5.74) is 0.297. The third kappa shape index (κ3) is 2.98. The fraction of sp³-hybridized carbons (Fsp3) is 0.611. The molecule has 1 saturated carbocycles. The van der Waals surface area contributed by atoms with Gasteiger partial charge in [0.25, 0.3) is 0 Å². The molecule has 1 heterocycles. The minimum absolute atomic E-state index is 0.658. The van der Waals surface area contributed by atoms with E-state index < -0.39 is 11.4 Å². The highest BCUT2D eigenvalue weighted by Crippen LogP contribution is 2.36. The van der Waals surface area contributed by atoms with Crippen molar-refractivity contribution >= 4 is 5.97 Å². The second-order valence-electron chi connectivity index (χ2n) is 6.70. The zero-order chi connectivity index (χ0) is 14.7. The number of hydrogen-bond donors (Lipinski definition) is 1. The fourth-order valence-electron chi connectivity index (χ4n) is 4.06. The Balaban J connectivity index is 1.67. The average molecular weight is 287 g/mol. The molecule has 0 radical (unpaired) electrons. The molecule has 1 aliphatic carbocycles. The van der Waals surface area contributed by atoms with Crippen LogP contribution >= 0.6 is 0 Å². The molecule has 0 spiro atoms. The van der Waals surface area contributed by atoms with Crippen molar-refractivity contribution in [2.75, 3.05) is 19.6 Å². The van der Waals surface area contributed by atoms with Gasteiger partial charge in [-0.05, 0) is 50.3 Å². The summed E-state index contributed by atoms with van der Waals surface area (Å²) >= 11 is 0. The lowest BCUT2D eigenvalue weighted by Gasteiger charge is -2.40. The van der Waals surface area contributed by atoms with Crippen LogP contribution in [0.15, 0.2) is 30.3 Å². The van der Waals surface area contributed by atoms with E-state index in [0.717, 1.165) is 37.4 Å². The predicted molar refractivity (Wildman–Crippen MR) is 83.4 cm³/mol. The largest absolute Gasteiger partial charge is 0.481 e. The number of aliphatic carboxylic acids is 1. The van der Waals surface area contributed by atoms with E-state index in [1.807, 2.05) is 30.3 Å². The molecule has 3 heteroatoms. The summed E-state index contributed by atoms with van der Waals surface area (Å²) in [6.07, 6.45) is 6.94. The number of piperidine rings is 1. The van der Waals surface area contributed by atoms with Gasteiger partial charge in [0.15, 0.2) is 0 Å². The van der Waals surface area contributed by atoms with Crippen LogP contribution in [0.25, 0.3) is 0 Å². The van der Waals surface area contributed by atoms with Gasteiger partial charge in [-0.2, -0.15) is 0 Å². The zero-order valence-electron chi connectivity index (χ0n) is 12.6. The van der Waals surface area contributed by atoms with Crippen molar-refractivity contribution in [1.29, 1.82) is 0 Å². The number of likely N-dealkylation sites (tertiary alicyclic amines) is 1. The van der Waals surface area contributed by atoms with E-state index in [0.29, 0.717) is 0 Å². The maximum Gasteiger partial charge on any atom is 0.314 e. The average Bonchev–Trinajstić information content (AvgIpc) is 3.02. The molecule has 0 aromatic heterocycles. The Morgan fingerprint density at radius 3 is 2.33 bits per heavy atom. The Labute approximate surface area is 127 Å². The number of carboxylic acids is 1. The minimum atomic E-state index is -0.673. The number of rotatable bonds is 4. The molecule has 1 aromatic carbocycles. The summed E-state index contributed by atoms with van der Waals surface area (Å²) in [5, 5.41) is 9.79. The van der Waals surface area contributed by atoms with E-state index >= 15 is 0 Å². The first-order valence-corrected chi connectivity index (χ1v) is 8.22. The van der Waals surface area contributed by atoms with Gasteiger partial charge in [-0.15, -0.1) is 0 Å². The van der Waals surface area contributed by atoms with Gasteiger partial charge >= 0.3 is 5.97 Å². The maximum atomic E-state index is 11.9. The molecule has 21 heavy (non-hydrogen) atoms. The summed E-state index contributed by atoms with van der Waals surface area (Å²) in [5.74, 6) is 0.188. The van der Waals surface area contributed by atoms with E-state index in [2.05, 4.69) is 4.90 Å². The van der Waals surface area contributed by atoms with Gasteiger partial charge in [0.05, 0.1) is 5.41 Å². The molecule has 3 nitrogen and oxygen atoms in total. The van der Waals surface area contributed by atoms with E-state index in [9.17, 15) is 9.90 Å². The Bertz CT molecular complexity index is 471. The van der Waals surface area contributed by atoms with Crippen molar-refractivity contribution in [2.45, 2.75) is 43.9 Å². The van der Waals surface area contributed by atoms with Crippen LogP contribution in [0, 0.1) is 5.92 Å². The maximum absolute atomic E-state index is 11.9. The Morgan fingerprint density at radius 1 is 1.14 bits per heavy atom. The number of carboxylic acid groups (broad SMARTS) is 1. The molecule has 1 aromatic rings. The van der Waals surface area contributed by atoms with E-state index in [-0.39, 0.29) is 0 Å². The summed E-state index contributed by atoms with van der Waals surface area (Å²) in [4.78, 5) is 14.4. The van der Waals surface area contributed by atoms with Crippen molar-refractivity contribution < 1.29 is 9.90 Å². The van der Waals surface area contributed by atoms with E-state index in [1.165, 1.54) is 32.2 Å². The van der Waals surface area contributed by atoms with Crippen LogP contribution in [-0.2, 0) is 10.2 Å². The molecule has 2 aliphatic rings. The summed E-state index contributed by atoms with van der Waals surface area (Å²) in [6.45, 7) is 3.00. The molecule has 0 bridgehead atoms. The number of benzene rings is 1. The quantitative estimate of drug-likeness (QED) is 0.923. The standard InChI is InChI=1S/C18H25NO2/c20-17(21)18(16-8-2-1-3-9-16)10-12-19(13-11-18)14-15-6-4-5-7-15/h1-3,8-9,15H,4-7,10-14H2,(H,20,21). The summed E-state index contributed by atoms with van der Waals surface area (Å²) in [6, 6.07) is 9.80. The molecule has 1 aliphatic heterocycles. The number of carbonyl (C=O) groups is 1. The predicted octanol–water partition coefficient (Wildman–Crippen LogP) is 3.30. The van der Waals surface area contributed by atoms with Crippen molar-refractivity contribution in [1.82, 2.24) is 4.90 Å². The van der Waals surface area contributed by atoms with Gasteiger partial charge in [0.1, 0.15) is 0 Å². The SMILES string of the molecule is O=C(O)C1(c2ccccc2)CCN(CC2CCCC2)CC1. The highest BCUT2D eigenvalue weighted by Gasteiger charge is 2.43. The van der Waals surface area contributed by atoms with Crippen LogP contribution in [0.5, 0.6) is 0 Å². The normalized spacial score (nSPS) is 23.2. The molecule has 0 atom stereocenters. The smallest absolute Gasteiger partial charge is 0.314 e. The first kappa shape index (κ1) is 14.6. The Hall–Kier alpha value is -1.35. The Kier molecular flexibility index (Phi) is 4.29. The third-order valence-corrected chi connectivity index (χ3v) is 5.44. The van der Waals surface area contributed by atoms with Gasteiger partial charge in [0.2, 0.25) is 0 Å². The van der Waals surface area contributed by atoms with Gasteiger partial charge in [0, 0.05) is 6.54 Å². The highest BCUT2D eigenvalue weighted by molar-refractivity contribution is 5.81. The topological polar surface area (TPSA) is 40.5 Å². The highest BCUT2D eigenvalue weighted by atomic mass is 16.4.